The second kappa shape index (κ2) is 6.54. The van der Waals surface area contributed by atoms with E-state index in [1.54, 1.807) is 0 Å². The minimum atomic E-state index is -1.04. The van der Waals surface area contributed by atoms with Crippen molar-refractivity contribution in [1.29, 1.82) is 0 Å². The van der Waals surface area contributed by atoms with Crippen LogP contribution in [-0.4, -0.2) is 45.3 Å². The Hall–Kier alpha value is -1.46. The smallest absolute Gasteiger partial charge is 0.313 e. The zero-order valence-electron chi connectivity index (χ0n) is 12.7. The molecule has 1 fully saturated rings. The lowest BCUT2D eigenvalue weighted by Gasteiger charge is -2.43. The van der Waals surface area contributed by atoms with E-state index >= 15 is 0 Å². The lowest BCUT2D eigenvalue weighted by molar-refractivity contribution is -0.164. The molecule has 0 amide bonds. The van der Waals surface area contributed by atoms with Gasteiger partial charge in [0, 0.05) is 25.3 Å². The predicted octanol–water partition coefficient (Wildman–Crippen LogP) is 1.83. The summed E-state index contributed by atoms with van der Waals surface area (Å²) in [5.41, 5.74) is 0.862. The molecule has 1 aromatic heterocycles. The lowest BCUT2D eigenvalue weighted by Crippen LogP contribution is -2.55. The first kappa shape index (κ1) is 15.9. The largest absolute Gasteiger partial charge is 0.481 e. The Morgan fingerprint density at radius 1 is 1.52 bits per heavy atom. The fourth-order valence-electron chi connectivity index (χ4n) is 3.23. The Morgan fingerprint density at radius 2 is 2.29 bits per heavy atom. The summed E-state index contributed by atoms with van der Waals surface area (Å²) in [5.74, 6) is -0.890. The molecular formula is C16H24N2O3. The minimum absolute atomic E-state index is 0.382. The lowest BCUT2D eigenvalue weighted by atomic mass is 9.74. The number of carboxylic acids is 1. The van der Waals surface area contributed by atoms with Crippen LogP contribution in [0, 0.1) is 12.3 Å². The molecule has 0 spiro atoms. The number of carboxylic acid groups (broad SMARTS) is 1. The molecule has 5 heteroatoms. The van der Waals surface area contributed by atoms with E-state index in [0.29, 0.717) is 32.5 Å². The van der Waals surface area contributed by atoms with E-state index in [0.717, 1.165) is 17.8 Å². The summed E-state index contributed by atoms with van der Waals surface area (Å²) in [4.78, 5) is 18.3. The van der Waals surface area contributed by atoms with Crippen LogP contribution in [0.2, 0.25) is 0 Å². The summed E-state index contributed by atoms with van der Waals surface area (Å²) in [5, 5.41) is 19.8. The van der Waals surface area contributed by atoms with Crippen LogP contribution in [0.25, 0.3) is 0 Å². The summed E-state index contributed by atoms with van der Waals surface area (Å²) < 4.78 is 0. The Bertz CT molecular complexity index is 506. The maximum Gasteiger partial charge on any atom is 0.313 e. The van der Waals surface area contributed by atoms with E-state index in [1.807, 2.05) is 32.0 Å². The van der Waals surface area contributed by atoms with Gasteiger partial charge in [-0.15, -0.1) is 0 Å². The zero-order chi connectivity index (χ0) is 15.5. The Balaban J connectivity index is 2.14. The molecular weight excluding hydrogens is 268 g/mol. The third-order valence-electron chi connectivity index (χ3n) is 4.32. The highest BCUT2D eigenvalue weighted by Crippen LogP contribution is 2.35. The van der Waals surface area contributed by atoms with E-state index in [-0.39, 0.29) is 0 Å². The van der Waals surface area contributed by atoms with E-state index < -0.39 is 17.5 Å². The third-order valence-corrected chi connectivity index (χ3v) is 4.32. The molecule has 2 rings (SSSR count). The van der Waals surface area contributed by atoms with Gasteiger partial charge < -0.3 is 10.2 Å². The molecule has 1 aliphatic heterocycles. The van der Waals surface area contributed by atoms with Crippen LogP contribution in [0.5, 0.6) is 0 Å². The van der Waals surface area contributed by atoms with E-state index in [1.165, 1.54) is 0 Å². The molecule has 21 heavy (non-hydrogen) atoms. The first-order valence-electron chi connectivity index (χ1n) is 7.54. The van der Waals surface area contributed by atoms with Crippen molar-refractivity contribution < 1.29 is 15.0 Å². The number of hydrogen-bond acceptors (Lipinski definition) is 4. The first-order valence-corrected chi connectivity index (χ1v) is 7.54. The van der Waals surface area contributed by atoms with Gasteiger partial charge in [-0.3, -0.25) is 14.7 Å². The van der Waals surface area contributed by atoms with Crippen LogP contribution in [0.3, 0.4) is 0 Å². The van der Waals surface area contributed by atoms with Gasteiger partial charge >= 0.3 is 5.97 Å². The van der Waals surface area contributed by atoms with Crippen molar-refractivity contribution in [2.75, 3.05) is 13.1 Å². The average Bonchev–Trinajstić information content (AvgIpc) is 2.42. The molecule has 2 heterocycles. The van der Waals surface area contributed by atoms with Crippen molar-refractivity contribution in [1.82, 2.24) is 9.88 Å². The first-order chi connectivity index (χ1) is 9.98. The second-order valence-corrected chi connectivity index (χ2v) is 6.00. The highest BCUT2D eigenvalue weighted by Gasteiger charge is 2.48. The number of aliphatic carboxylic acids is 1. The van der Waals surface area contributed by atoms with Gasteiger partial charge in [0.25, 0.3) is 0 Å². The van der Waals surface area contributed by atoms with Crippen molar-refractivity contribution in [3.63, 3.8) is 0 Å². The van der Waals surface area contributed by atoms with Gasteiger partial charge in [-0.1, -0.05) is 19.4 Å². The normalized spacial score (nSPS) is 26.7. The Morgan fingerprint density at radius 3 is 2.90 bits per heavy atom. The fraction of sp³-hybridized carbons (Fsp3) is 0.625. The van der Waals surface area contributed by atoms with Gasteiger partial charge in [0.05, 0.1) is 11.8 Å². The third kappa shape index (κ3) is 3.41. The van der Waals surface area contributed by atoms with Gasteiger partial charge in [-0.05, 0) is 31.9 Å². The topological polar surface area (TPSA) is 73.7 Å². The van der Waals surface area contributed by atoms with Gasteiger partial charge in [0.15, 0.2) is 0 Å². The van der Waals surface area contributed by atoms with Crippen molar-refractivity contribution in [2.45, 2.75) is 45.8 Å². The molecule has 2 atom stereocenters. The highest BCUT2D eigenvalue weighted by atomic mass is 16.4. The van der Waals surface area contributed by atoms with Crippen LogP contribution in [0.4, 0.5) is 0 Å². The van der Waals surface area contributed by atoms with Crippen LogP contribution in [0.1, 0.15) is 37.6 Å². The predicted molar refractivity (Wildman–Crippen MR) is 79.9 cm³/mol. The molecule has 116 valence electrons. The summed E-state index contributed by atoms with van der Waals surface area (Å²) >= 11 is 0. The SMILES string of the molecule is CCC[C@@]1(C(=O)O)CN(Cc2cccc(C)n2)CC[C@H]1O. The van der Waals surface area contributed by atoms with Crippen LogP contribution in [0.15, 0.2) is 18.2 Å². The molecule has 0 radical (unpaired) electrons. The molecule has 0 unspecified atom stereocenters. The Kier molecular flexibility index (Phi) is 4.96. The maximum atomic E-state index is 11.7. The quantitative estimate of drug-likeness (QED) is 0.866. The average molecular weight is 292 g/mol. The van der Waals surface area contributed by atoms with Gasteiger partial charge in [-0.2, -0.15) is 0 Å². The van der Waals surface area contributed by atoms with Crippen LogP contribution in [-0.2, 0) is 11.3 Å². The number of carbonyl (C=O) groups is 1. The Labute approximate surface area is 125 Å². The molecule has 1 saturated heterocycles. The number of nitrogens with zero attached hydrogens (tertiary/aromatic N) is 2. The van der Waals surface area contributed by atoms with Crippen molar-refractivity contribution in [2.24, 2.45) is 5.41 Å². The van der Waals surface area contributed by atoms with Gasteiger partial charge in [0.2, 0.25) is 0 Å². The monoisotopic (exact) mass is 292 g/mol. The summed E-state index contributed by atoms with van der Waals surface area (Å²) in [6.45, 7) is 5.62. The number of likely N-dealkylation sites (tertiary alicyclic amines) is 1. The molecule has 1 aromatic rings. The van der Waals surface area contributed by atoms with E-state index in [2.05, 4.69) is 9.88 Å². The molecule has 1 aliphatic rings. The fourth-order valence-corrected chi connectivity index (χ4v) is 3.23. The maximum absolute atomic E-state index is 11.7. The second-order valence-electron chi connectivity index (χ2n) is 6.00. The summed E-state index contributed by atoms with van der Waals surface area (Å²) in [6, 6.07) is 5.87. The van der Waals surface area contributed by atoms with E-state index in [9.17, 15) is 15.0 Å². The highest BCUT2D eigenvalue weighted by molar-refractivity contribution is 5.76. The van der Waals surface area contributed by atoms with Crippen LogP contribution >= 0.6 is 0 Å². The molecule has 0 bridgehead atoms. The molecule has 0 saturated carbocycles. The number of hydrogen-bond donors (Lipinski definition) is 2. The number of pyridine rings is 1. The van der Waals surface area contributed by atoms with Crippen LogP contribution < -0.4 is 0 Å². The zero-order valence-corrected chi connectivity index (χ0v) is 12.7. The number of aliphatic hydroxyl groups excluding tert-OH is 1. The standard InChI is InChI=1S/C16H24N2O3/c1-3-8-16(15(20)21)11-18(9-7-14(16)19)10-13-6-4-5-12(2)17-13/h4-6,14,19H,3,7-11H2,1-2H3,(H,20,21)/t14-,16-/m1/s1. The van der Waals surface area contributed by atoms with Gasteiger partial charge in [-0.25, -0.2) is 0 Å². The number of rotatable bonds is 5. The van der Waals surface area contributed by atoms with Crippen molar-refractivity contribution >= 4 is 5.97 Å². The summed E-state index contributed by atoms with van der Waals surface area (Å²) in [7, 11) is 0. The van der Waals surface area contributed by atoms with Crippen molar-refractivity contribution in [3.8, 4) is 0 Å². The number of aromatic nitrogens is 1. The number of aliphatic hydroxyl groups is 1. The molecule has 0 aliphatic carbocycles. The molecule has 5 nitrogen and oxygen atoms in total. The molecule has 2 N–H and O–H groups in total. The van der Waals surface area contributed by atoms with Gasteiger partial charge in [0.1, 0.15) is 5.41 Å². The molecule has 0 aromatic carbocycles. The number of aryl methyl sites for hydroxylation is 1. The van der Waals surface area contributed by atoms with E-state index in [4.69, 9.17) is 0 Å². The minimum Gasteiger partial charge on any atom is -0.481 e. The summed E-state index contributed by atoms with van der Waals surface area (Å²) in [6.07, 6.45) is 0.982. The number of piperidine rings is 1. The van der Waals surface area contributed by atoms with Crippen molar-refractivity contribution in [3.05, 3.63) is 29.6 Å².